The number of hydrogen-bond donors (Lipinski definition) is 2. The zero-order valence-electron chi connectivity index (χ0n) is 16.7. The fraction of sp³-hybridized carbons (Fsp3) is 0.429. The predicted molar refractivity (Wildman–Crippen MR) is 110 cm³/mol. The number of rotatable bonds is 7. The summed E-state index contributed by atoms with van der Waals surface area (Å²) >= 11 is 0. The highest BCUT2D eigenvalue weighted by atomic mass is 16.3. The zero-order chi connectivity index (χ0) is 19.2. The van der Waals surface area contributed by atoms with Crippen LogP contribution in [0.2, 0.25) is 0 Å². The number of para-hydroxylation sites is 1. The lowest BCUT2D eigenvalue weighted by molar-refractivity contribution is 0.544. The van der Waals surface area contributed by atoms with Gasteiger partial charge < -0.3 is 15.1 Å². The average molecular weight is 367 g/mol. The second-order valence-corrected chi connectivity index (χ2v) is 6.77. The standard InChI is InChI=1S/C21H29N5O/c1-5-22-21(23-11-8-12-26-16(3)13-15(2)25-26)24-14-20-17(4)18-9-6-7-10-19(18)27-20/h6-7,9-10,13H,5,8,11-12,14H2,1-4H3,(H2,22,23,24). The van der Waals surface area contributed by atoms with E-state index in [1.54, 1.807) is 0 Å². The summed E-state index contributed by atoms with van der Waals surface area (Å²) in [6.45, 7) is 11.4. The summed E-state index contributed by atoms with van der Waals surface area (Å²) < 4.78 is 8.01. The Balaban J connectivity index is 1.57. The van der Waals surface area contributed by atoms with Crippen molar-refractivity contribution in [2.24, 2.45) is 4.99 Å². The van der Waals surface area contributed by atoms with Crippen molar-refractivity contribution in [3.05, 3.63) is 53.0 Å². The summed E-state index contributed by atoms with van der Waals surface area (Å²) in [6.07, 6.45) is 0.982. The van der Waals surface area contributed by atoms with E-state index < -0.39 is 0 Å². The van der Waals surface area contributed by atoms with Crippen molar-refractivity contribution >= 4 is 16.9 Å². The van der Waals surface area contributed by atoms with Crippen molar-refractivity contribution in [1.82, 2.24) is 20.4 Å². The molecule has 0 atom stereocenters. The molecule has 0 saturated carbocycles. The molecule has 0 aliphatic rings. The fourth-order valence-electron chi connectivity index (χ4n) is 3.21. The lowest BCUT2D eigenvalue weighted by Crippen LogP contribution is -2.38. The Bertz CT molecular complexity index is 922. The SMILES string of the molecule is CCNC(=NCc1oc2ccccc2c1C)NCCCn1nc(C)cc1C. The third kappa shape index (κ3) is 4.70. The molecule has 0 aliphatic heterocycles. The molecule has 27 heavy (non-hydrogen) atoms. The molecule has 0 spiro atoms. The maximum atomic E-state index is 5.95. The predicted octanol–water partition coefficient (Wildman–Crippen LogP) is 3.70. The van der Waals surface area contributed by atoms with Crippen molar-refractivity contribution in [1.29, 1.82) is 0 Å². The Labute approximate surface area is 160 Å². The molecule has 0 amide bonds. The van der Waals surface area contributed by atoms with Crippen molar-refractivity contribution in [2.75, 3.05) is 13.1 Å². The van der Waals surface area contributed by atoms with Gasteiger partial charge in [-0.05, 0) is 46.2 Å². The van der Waals surface area contributed by atoms with Crippen LogP contribution in [0.1, 0.15) is 36.1 Å². The first-order valence-electron chi connectivity index (χ1n) is 9.58. The number of aromatic nitrogens is 2. The lowest BCUT2D eigenvalue weighted by atomic mass is 10.1. The fourth-order valence-corrected chi connectivity index (χ4v) is 3.21. The van der Waals surface area contributed by atoms with E-state index in [-0.39, 0.29) is 0 Å². The van der Waals surface area contributed by atoms with Crippen LogP contribution in [0.4, 0.5) is 0 Å². The summed E-state index contributed by atoms with van der Waals surface area (Å²) in [5, 5.41) is 12.4. The van der Waals surface area contributed by atoms with Crippen molar-refractivity contribution in [3.63, 3.8) is 0 Å². The van der Waals surface area contributed by atoms with E-state index in [9.17, 15) is 0 Å². The maximum absolute atomic E-state index is 5.95. The van der Waals surface area contributed by atoms with Gasteiger partial charge in [0.05, 0.1) is 5.69 Å². The Morgan fingerprint density at radius 2 is 2.00 bits per heavy atom. The van der Waals surface area contributed by atoms with Gasteiger partial charge in [-0.3, -0.25) is 4.68 Å². The van der Waals surface area contributed by atoms with Crippen LogP contribution in [0.15, 0.2) is 39.7 Å². The number of guanidine groups is 1. The van der Waals surface area contributed by atoms with Crippen molar-refractivity contribution in [2.45, 2.75) is 47.2 Å². The Kier molecular flexibility index (Phi) is 6.16. The molecule has 0 bridgehead atoms. The van der Waals surface area contributed by atoms with Gasteiger partial charge in [0, 0.05) is 36.3 Å². The number of furan rings is 1. The molecule has 0 fully saturated rings. The number of nitrogens with one attached hydrogen (secondary N) is 2. The molecule has 0 aliphatic carbocycles. The van der Waals surface area contributed by atoms with Gasteiger partial charge in [0.1, 0.15) is 17.9 Å². The summed E-state index contributed by atoms with van der Waals surface area (Å²) in [5.74, 6) is 1.72. The number of aliphatic imine (C=N–C) groups is 1. The van der Waals surface area contributed by atoms with Crippen LogP contribution >= 0.6 is 0 Å². The van der Waals surface area contributed by atoms with E-state index in [0.717, 1.165) is 60.0 Å². The van der Waals surface area contributed by atoms with Gasteiger partial charge in [0.25, 0.3) is 0 Å². The quantitative estimate of drug-likeness (QED) is 0.380. The third-order valence-electron chi connectivity index (χ3n) is 4.61. The molecule has 0 unspecified atom stereocenters. The van der Waals surface area contributed by atoms with E-state index in [2.05, 4.69) is 58.3 Å². The first-order valence-corrected chi connectivity index (χ1v) is 9.58. The molecule has 1 aromatic carbocycles. The van der Waals surface area contributed by atoms with Gasteiger partial charge in [0.2, 0.25) is 0 Å². The summed E-state index contributed by atoms with van der Waals surface area (Å²) in [4.78, 5) is 4.68. The van der Waals surface area contributed by atoms with Crippen molar-refractivity contribution < 1.29 is 4.42 Å². The number of benzene rings is 1. The van der Waals surface area contributed by atoms with Gasteiger partial charge in [0.15, 0.2) is 5.96 Å². The molecule has 6 nitrogen and oxygen atoms in total. The normalized spacial score (nSPS) is 11.9. The zero-order valence-corrected chi connectivity index (χ0v) is 16.7. The van der Waals surface area contributed by atoms with E-state index in [0.29, 0.717) is 6.54 Å². The number of fused-ring (bicyclic) bond motifs is 1. The first-order chi connectivity index (χ1) is 13.1. The largest absolute Gasteiger partial charge is 0.459 e. The van der Waals surface area contributed by atoms with Crippen LogP contribution in [-0.4, -0.2) is 28.8 Å². The number of hydrogen-bond acceptors (Lipinski definition) is 3. The Morgan fingerprint density at radius 1 is 1.19 bits per heavy atom. The van der Waals surface area contributed by atoms with Gasteiger partial charge in [-0.15, -0.1) is 0 Å². The molecule has 3 rings (SSSR count). The maximum Gasteiger partial charge on any atom is 0.191 e. The molecule has 2 N–H and O–H groups in total. The second kappa shape index (κ2) is 8.75. The minimum Gasteiger partial charge on any atom is -0.459 e. The van der Waals surface area contributed by atoms with Gasteiger partial charge in [-0.2, -0.15) is 5.10 Å². The van der Waals surface area contributed by atoms with Gasteiger partial charge in [-0.1, -0.05) is 18.2 Å². The van der Waals surface area contributed by atoms with Crippen LogP contribution in [-0.2, 0) is 13.1 Å². The van der Waals surface area contributed by atoms with E-state index in [1.807, 2.05) is 25.1 Å². The van der Waals surface area contributed by atoms with Crippen LogP contribution in [0, 0.1) is 20.8 Å². The summed E-state index contributed by atoms with van der Waals surface area (Å²) in [7, 11) is 0. The van der Waals surface area contributed by atoms with Crippen LogP contribution in [0.5, 0.6) is 0 Å². The van der Waals surface area contributed by atoms with E-state index in [1.165, 1.54) is 5.69 Å². The monoisotopic (exact) mass is 367 g/mol. The summed E-state index contributed by atoms with van der Waals surface area (Å²) in [6, 6.07) is 10.2. The Hall–Kier alpha value is -2.76. The summed E-state index contributed by atoms with van der Waals surface area (Å²) in [5.41, 5.74) is 4.35. The van der Waals surface area contributed by atoms with Crippen LogP contribution in [0.3, 0.4) is 0 Å². The van der Waals surface area contributed by atoms with Gasteiger partial charge in [-0.25, -0.2) is 4.99 Å². The topological polar surface area (TPSA) is 67.4 Å². The highest BCUT2D eigenvalue weighted by Crippen LogP contribution is 2.25. The Morgan fingerprint density at radius 3 is 2.70 bits per heavy atom. The molecule has 2 aromatic heterocycles. The lowest BCUT2D eigenvalue weighted by Gasteiger charge is -2.11. The van der Waals surface area contributed by atoms with E-state index in [4.69, 9.17) is 4.42 Å². The number of aryl methyl sites for hydroxylation is 4. The minimum absolute atomic E-state index is 0.521. The molecular formula is C21H29N5O. The van der Waals surface area contributed by atoms with E-state index >= 15 is 0 Å². The molecular weight excluding hydrogens is 338 g/mol. The highest BCUT2D eigenvalue weighted by molar-refractivity contribution is 5.82. The molecule has 0 radical (unpaired) electrons. The minimum atomic E-state index is 0.521. The van der Waals surface area contributed by atoms with Crippen LogP contribution < -0.4 is 10.6 Å². The van der Waals surface area contributed by atoms with Crippen LogP contribution in [0.25, 0.3) is 11.0 Å². The number of nitrogens with zero attached hydrogens (tertiary/aromatic N) is 3. The average Bonchev–Trinajstić information content (AvgIpc) is 3.15. The second-order valence-electron chi connectivity index (χ2n) is 6.77. The molecule has 0 saturated heterocycles. The molecule has 6 heteroatoms. The molecule has 2 heterocycles. The molecule has 3 aromatic rings. The highest BCUT2D eigenvalue weighted by Gasteiger charge is 2.09. The van der Waals surface area contributed by atoms with Crippen molar-refractivity contribution in [3.8, 4) is 0 Å². The molecule has 144 valence electrons. The van der Waals surface area contributed by atoms with Gasteiger partial charge >= 0.3 is 0 Å². The first kappa shape index (κ1) is 19.0. The third-order valence-corrected chi connectivity index (χ3v) is 4.61. The smallest absolute Gasteiger partial charge is 0.191 e.